The number of hydrogen-bond acceptors (Lipinski definition) is 5. The van der Waals surface area contributed by atoms with Crippen LogP contribution in [0.1, 0.15) is 21.0 Å². The van der Waals surface area contributed by atoms with E-state index in [1.165, 1.54) is 11.3 Å². The smallest absolute Gasteiger partial charge is 0.249 e. The predicted octanol–water partition coefficient (Wildman–Crippen LogP) is 1.12. The maximum atomic E-state index is 10.9. The number of amides is 1. The Kier molecular flexibility index (Phi) is 3.33. The zero-order valence-electron chi connectivity index (χ0n) is 8.47. The van der Waals surface area contributed by atoms with Crippen molar-refractivity contribution in [3.8, 4) is 0 Å². The number of rotatable bonds is 5. The fourth-order valence-electron chi connectivity index (χ4n) is 1.24. The number of aromatic nitrogens is 1. The van der Waals surface area contributed by atoms with Gasteiger partial charge >= 0.3 is 0 Å². The van der Waals surface area contributed by atoms with Gasteiger partial charge in [0.15, 0.2) is 0 Å². The van der Waals surface area contributed by atoms with E-state index in [1.807, 2.05) is 0 Å². The summed E-state index contributed by atoms with van der Waals surface area (Å²) in [6.07, 6.45) is 1.60. The van der Waals surface area contributed by atoms with Crippen LogP contribution in [-0.2, 0) is 13.1 Å². The van der Waals surface area contributed by atoms with E-state index in [1.54, 1.807) is 23.7 Å². The third-order valence-electron chi connectivity index (χ3n) is 2.03. The van der Waals surface area contributed by atoms with Crippen molar-refractivity contribution in [1.82, 2.24) is 10.5 Å². The molecule has 0 aliphatic carbocycles. The maximum absolute atomic E-state index is 10.9. The van der Waals surface area contributed by atoms with Gasteiger partial charge in [0.2, 0.25) is 5.91 Å². The Hall–Kier alpha value is -1.66. The number of hydrogen-bond donors (Lipinski definition) is 2. The summed E-state index contributed by atoms with van der Waals surface area (Å²) in [7, 11) is 0. The molecule has 3 N–H and O–H groups in total. The van der Waals surface area contributed by atoms with Gasteiger partial charge in [0.1, 0.15) is 5.76 Å². The largest absolute Gasteiger partial charge is 0.366 e. The van der Waals surface area contributed by atoms with E-state index in [2.05, 4.69) is 10.5 Å². The molecule has 1 amide bonds. The first-order valence-electron chi connectivity index (χ1n) is 4.73. The summed E-state index contributed by atoms with van der Waals surface area (Å²) in [6.45, 7) is 1.29. The number of carbonyl (C=O) groups is 1. The van der Waals surface area contributed by atoms with Gasteiger partial charge in [-0.25, -0.2) is 0 Å². The first-order chi connectivity index (χ1) is 7.75. The summed E-state index contributed by atoms with van der Waals surface area (Å²) < 4.78 is 4.93. The molecular formula is C10H11N3O2S. The summed E-state index contributed by atoms with van der Waals surface area (Å²) in [6, 6.07) is 3.59. The Morgan fingerprint density at radius 2 is 2.44 bits per heavy atom. The van der Waals surface area contributed by atoms with Gasteiger partial charge in [-0.1, -0.05) is 5.16 Å². The molecule has 0 aliphatic rings. The van der Waals surface area contributed by atoms with Gasteiger partial charge in [0.05, 0.1) is 18.3 Å². The van der Waals surface area contributed by atoms with Crippen LogP contribution >= 0.6 is 11.3 Å². The van der Waals surface area contributed by atoms with E-state index in [4.69, 9.17) is 10.3 Å². The SMILES string of the molecule is NC(=O)c1csc(CNCc2ccno2)c1. The van der Waals surface area contributed by atoms with Crippen LogP contribution in [0.25, 0.3) is 0 Å². The second-order valence-electron chi connectivity index (χ2n) is 3.25. The van der Waals surface area contributed by atoms with Crippen LogP contribution in [0.15, 0.2) is 28.2 Å². The highest BCUT2D eigenvalue weighted by Gasteiger charge is 2.04. The molecule has 0 saturated carbocycles. The predicted molar refractivity (Wildman–Crippen MR) is 59.9 cm³/mol. The minimum absolute atomic E-state index is 0.391. The Balaban J connectivity index is 1.83. The molecule has 0 saturated heterocycles. The summed E-state index contributed by atoms with van der Waals surface area (Å²) in [4.78, 5) is 11.9. The van der Waals surface area contributed by atoms with Crippen molar-refractivity contribution in [2.45, 2.75) is 13.1 Å². The molecule has 16 heavy (non-hydrogen) atoms. The lowest BCUT2D eigenvalue weighted by atomic mass is 10.3. The van der Waals surface area contributed by atoms with Crippen LogP contribution in [0.5, 0.6) is 0 Å². The van der Waals surface area contributed by atoms with Crippen molar-refractivity contribution in [2.24, 2.45) is 5.73 Å². The number of thiophene rings is 1. The zero-order chi connectivity index (χ0) is 11.4. The molecule has 0 aliphatic heterocycles. The van der Waals surface area contributed by atoms with Gasteiger partial charge in [-0.3, -0.25) is 4.79 Å². The molecule has 2 aromatic rings. The van der Waals surface area contributed by atoms with Gasteiger partial charge in [0, 0.05) is 22.9 Å². The van der Waals surface area contributed by atoms with Crippen molar-refractivity contribution in [3.05, 3.63) is 39.9 Å². The Morgan fingerprint density at radius 1 is 1.56 bits per heavy atom. The summed E-state index contributed by atoms with van der Waals surface area (Å²) in [5.41, 5.74) is 5.71. The number of nitrogens with zero attached hydrogens (tertiary/aromatic N) is 1. The van der Waals surface area contributed by atoms with Crippen LogP contribution in [-0.4, -0.2) is 11.1 Å². The molecular weight excluding hydrogens is 226 g/mol. The van der Waals surface area contributed by atoms with Gasteiger partial charge in [0.25, 0.3) is 0 Å². The quantitative estimate of drug-likeness (QED) is 0.816. The lowest BCUT2D eigenvalue weighted by Gasteiger charge is -1.98. The molecule has 5 nitrogen and oxygen atoms in total. The van der Waals surface area contributed by atoms with Crippen LogP contribution < -0.4 is 11.1 Å². The number of primary amides is 1. The Bertz CT molecular complexity index is 464. The van der Waals surface area contributed by atoms with E-state index in [0.29, 0.717) is 18.7 Å². The molecule has 2 heterocycles. The third kappa shape index (κ3) is 2.68. The summed E-state index contributed by atoms with van der Waals surface area (Å²) in [5, 5.41) is 8.54. The number of nitrogens with one attached hydrogen (secondary N) is 1. The molecule has 0 aromatic carbocycles. The van der Waals surface area contributed by atoms with Crippen molar-refractivity contribution in [3.63, 3.8) is 0 Å². The maximum Gasteiger partial charge on any atom is 0.249 e. The highest BCUT2D eigenvalue weighted by Crippen LogP contribution is 2.14. The summed E-state index contributed by atoms with van der Waals surface area (Å²) in [5.74, 6) is 0.393. The van der Waals surface area contributed by atoms with E-state index >= 15 is 0 Å². The Labute approximate surface area is 96.2 Å². The van der Waals surface area contributed by atoms with Gasteiger partial charge in [-0.15, -0.1) is 11.3 Å². The van der Waals surface area contributed by atoms with E-state index in [9.17, 15) is 4.79 Å². The van der Waals surface area contributed by atoms with Crippen LogP contribution in [0, 0.1) is 0 Å². The van der Waals surface area contributed by atoms with Gasteiger partial charge in [-0.2, -0.15) is 0 Å². The second-order valence-corrected chi connectivity index (χ2v) is 4.24. The average Bonchev–Trinajstić information content (AvgIpc) is 2.87. The topological polar surface area (TPSA) is 81.2 Å². The minimum atomic E-state index is -0.391. The molecule has 0 spiro atoms. The lowest BCUT2D eigenvalue weighted by Crippen LogP contribution is -2.12. The lowest BCUT2D eigenvalue weighted by molar-refractivity contribution is 0.100. The fraction of sp³-hybridized carbons (Fsp3) is 0.200. The number of carbonyl (C=O) groups excluding carboxylic acids is 1. The Morgan fingerprint density at radius 3 is 3.06 bits per heavy atom. The van der Waals surface area contributed by atoms with E-state index < -0.39 is 5.91 Å². The van der Waals surface area contributed by atoms with Crippen LogP contribution in [0.2, 0.25) is 0 Å². The molecule has 0 radical (unpaired) electrons. The van der Waals surface area contributed by atoms with Crippen molar-refractivity contribution in [2.75, 3.05) is 0 Å². The normalized spacial score (nSPS) is 10.5. The second kappa shape index (κ2) is 4.91. The zero-order valence-corrected chi connectivity index (χ0v) is 9.29. The third-order valence-corrected chi connectivity index (χ3v) is 2.96. The van der Waals surface area contributed by atoms with Crippen molar-refractivity contribution in [1.29, 1.82) is 0 Å². The first-order valence-corrected chi connectivity index (χ1v) is 5.61. The van der Waals surface area contributed by atoms with Crippen molar-refractivity contribution < 1.29 is 9.32 Å². The molecule has 6 heteroatoms. The highest BCUT2D eigenvalue weighted by atomic mass is 32.1. The molecule has 0 fully saturated rings. The van der Waals surface area contributed by atoms with Crippen LogP contribution in [0.3, 0.4) is 0 Å². The first kappa shape index (κ1) is 10.8. The monoisotopic (exact) mass is 237 g/mol. The fourth-order valence-corrected chi connectivity index (χ4v) is 2.09. The van der Waals surface area contributed by atoms with Gasteiger partial charge < -0.3 is 15.6 Å². The molecule has 0 atom stereocenters. The number of nitrogens with two attached hydrogens (primary N) is 1. The van der Waals surface area contributed by atoms with E-state index in [-0.39, 0.29) is 0 Å². The molecule has 0 unspecified atom stereocenters. The van der Waals surface area contributed by atoms with E-state index in [0.717, 1.165) is 10.6 Å². The molecule has 2 rings (SSSR count). The van der Waals surface area contributed by atoms with Gasteiger partial charge in [-0.05, 0) is 6.07 Å². The van der Waals surface area contributed by atoms with Crippen molar-refractivity contribution >= 4 is 17.2 Å². The average molecular weight is 237 g/mol. The minimum Gasteiger partial charge on any atom is -0.366 e. The molecule has 84 valence electrons. The summed E-state index contributed by atoms with van der Waals surface area (Å²) >= 11 is 1.51. The molecule has 0 bridgehead atoms. The standard InChI is InChI=1S/C10H11N3O2S/c11-10(14)7-3-9(16-6-7)5-12-4-8-1-2-13-15-8/h1-3,6,12H,4-5H2,(H2,11,14). The highest BCUT2D eigenvalue weighted by molar-refractivity contribution is 7.10. The van der Waals surface area contributed by atoms with Crippen LogP contribution in [0.4, 0.5) is 0 Å². The molecule has 2 aromatic heterocycles.